The second kappa shape index (κ2) is 11.6. The third-order valence-electron chi connectivity index (χ3n) is 3.88. The number of carbonyl (C=O) groups excluding carboxylic acids is 1. The Hall–Kier alpha value is -1.90. The average molecular weight is 316 g/mol. The quantitative estimate of drug-likeness (QED) is 0.431. The molecule has 0 radical (unpaired) electrons. The fourth-order valence-corrected chi connectivity index (χ4v) is 2.51. The Morgan fingerprint density at radius 2 is 1.91 bits per heavy atom. The maximum Gasteiger partial charge on any atom is 0.303 e. The van der Waals surface area contributed by atoms with Gasteiger partial charge in [0.05, 0.1) is 5.92 Å². The molecule has 0 aromatic heterocycles. The van der Waals surface area contributed by atoms with E-state index in [1.54, 1.807) is 6.08 Å². The Balaban J connectivity index is 2.38. The summed E-state index contributed by atoms with van der Waals surface area (Å²) in [5.41, 5.74) is 1.07. The van der Waals surface area contributed by atoms with Crippen LogP contribution in [0, 0.1) is 5.92 Å². The molecule has 0 saturated heterocycles. The Kier molecular flexibility index (Phi) is 9.69. The van der Waals surface area contributed by atoms with Crippen LogP contribution in [-0.4, -0.2) is 16.9 Å². The third kappa shape index (κ3) is 8.34. The Bertz CT molecular complexity index is 495. The fraction of sp³-hybridized carbons (Fsp3) is 0.500. The molecular weight excluding hydrogens is 288 g/mol. The standard InChI is InChI=1S/C20H28O3/c1-2-3-4-5-6-9-12-17-15-16-19(21)18(17)13-10-7-8-11-14-20(22)23/h6-7,9-10,12,15-16,18H,2-5,8,11,13-14H2,1H3,(H,22,23). The van der Waals surface area contributed by atoms with Crippen LogP contribution in [-0.2, 0) is 9.59 Å². The molecule has 1 atom stereocenters. The van der Waals surface area contributed by atoms with Crippen LogP contribution in [0.15, 0.2) is 48.1 Å². The van der Waals surface area contributed by atoms with E-state index in [1.807, 2.05) is 24.3 Å². The summed E-state index contributed by atoms with van der Waals surface area (Å²) in [5, 5.41) is 8.57. The molecule has 1 rings (SSSR count). The van der Waals surface area contributed by atoms with E-state index in [-0.39, 0.29) is 18.1 Å². The summed E-state index contributed by atoms with van der Waals surface area (Å²) in [5.74, 6) is -0.679. The minimum absolute atomic E-state index is 0.0778. The highest BCUT2D eigenvalue weighted by Crippen LogP contribution is 2.25. The van der Waals surface area contributed by atoms with Crippen molar-refractivity contribution in [3.8, 4) is 0 Å². The van der Waals surface area contributed by atoms with Gasteiger partial charge in [-0.1, -0.05) is 56.2 Å². The van der Waals surface area contributed by atoms with Crippen LogP contribution >= 0.6 is 0 Å². The highest BCUT2D eigenvalue weighted by molar-refractivity contribution is 5.98. The molecule has 0 aliphatic heterocycles. The van der Waals surface area contributed by atoms with E-state index in [2.05, 4.69) is 19.1 Å². The van der Waals surface area contributed by atoms with Gasteiger partial charge in [-0.15, -0.1) is 0 Å². The molecule has 0 amide bonds. The molecule has 0 aromatic carbocycles. The molecule has 0 saturated carbocycles. The Morgan fingerprint density at radius 1 is 1.13 bits per heavy atom. The lowest BCUT2D eigenvalue weighted by molar-refractivity contribution is -0.137. The lowest BCUT2D eigenvalue weighted by Crippen LogP contribution is -2.07. The van der Waals surface area contributed by atoms with Crippen LogP contribution in [0.3, 0.4) is 0 Å². The van der Waals surface area contributed by atoms with Crippen molar-refractivity contribution in [2.45, 2.75) is 58.3 Å². The molecule has 0 aromatic rings. The lowest BCUT2D eigenvalue weighted by Gasteiger charge is -2.07. The van der Waals surface area contributed by atoms with Crippen molar-refractivity contribution >= 4 is 11.8 Å². The number of carboxylic acids is 1. The van der Waals surface area contributed by atoms with Crippen molar-refractivity contribution in [3.63, 3.8) is 0 Å². The van der Waals surface area contributed by atoms with E-state index in [0.717, 1.165) is 18.4 Å². The molecule has 0 spiro atoms. The van der Waals surface area contributed by atoms with Crippen molar-refractivity contribution < 1.29 is 14.7 Å². The van der Waals surface area contributed by atoms with Crippen LogP contribution in [0.2, 0.25) is 0 Å². The molecule has 1 aliphatic rings. The number of hydrogen-bond donors (Lipinski definition) is 1. The van der Waals surface area contributed by atoms with Gasteiger partial charge >= 0.3 is 5.97 Å². The summed E-state index contributed by atoms with van der Waals surface area (Å²) < 4.78 is 0. The van der Waals surface area contributed by atoms with E-state index >= 15 is 0 Å². The first-order chi connectivity index (χ1) is 11.1. The highest BCUT2D eigenvalue weighted by atomic mass is 16.4. The maximum absolute atomic E-state index is 11.9. The van der Waals surface area contributed by atoms with Gasteiger partial charge in [-0.3, -0.25) is 9.59 Å². The second-order valence-electron chi connectivity index (χ2n) is 5.87. The lowest BCUT2D eigenvalue weighted by atomic mass is 9.96. The minimum Gasteiger partial charge on any atom is -0.481 e. The van der Waals surface area contributed by atoms with Crippen LogP contribution in [0.25, 0.3) is 0 Å². The smallest absolute Gasteiger partial charge is 0.303 e. The number of carbonyl (C=O) groups is 2. The summed E-state index contributed by atoms with van der Waals surface area (Å²) in [7, 11) is 0. The first-order valence-corrected chi connectivity index (χ1v) is 8.60. The predicted molar refractivity (Wildman–Crippen MR) is 94.2 cm³/mol. The third-order valence-corrected chi connectivity index (χ3v) is 3.88. The predicted octanol–water partition coefficient (Wildman–Crippen LogP) is 5.01. The number of rotatable bonds is 11. The largest absolute Gasteiger partial charge is 0.481 e. The molecule has 0 bridgehead atoms. The average Bonchev–Trinajstić information content (AvgIpc) is 2.86. The zero-order chi connectivity index (χ0) is 16.9. The van der Waals surface area contributed by atoms with Gasteiger partial charge in [0.2, 0.25) is 0 Å². The van der Waals surface area contributed by atoms with Crippen molar-refractivity contribution in [1.82, 2.24) is 0 Å². The van der Waals surface area contributed by atoms with Gasteiger partial charge in [0.25, 0.3) is 0 Å². The van der Waals surface area contributed by atoms with Crippen LogP contribution < -0.4 is 0 Å². The molecule has 0 heterocycles. The monoisotopic (exact) mass is 316 g/mol. The Morgan fingerprint density at radius 3 is 2.65 bits per heavy atom. The Labute approximate surface area is 139 Å². The van der Waals surface area contributed by atoms with Gasteiger partial charge in [0.1, 0.15) is 0 Å². The molecule has 3 heteroatoms. The van der Waals surface area contributed by atoms with Gasteiger partial charge in [-0.2, -0.15) is 0 Å². The van der Waals surface area contributed by atoms with Gasteiger partial charge in [-0.05, 0) is 43.8 Å². The fourth-order valence-electron chi connectivity index (χ4n) is 2.51. The second-order valence-corrected chi connectivity index (χ2v) is 5.87. The van der Waals surface area contributed by atoms with Crippen molar-refractivity contribution in [1.29, 1.82) is 0 Å². The molecule has 1 aliphatic carbocycles. The van der Waals surface area contributed by atoms with Gasteiger partial charge in [-0.25, -0.2) is 0 Å². The van der Waals surface area contributed by atoms with Crippen LogP contribution in [0.1, 0.15) is 58.3 Å². The minimum atomic E-state index is -0.760. The van der Waals surface area contributed by atoms with Gasteiger partial charge in [0.15, 0.2) is 5.78 Å². The van der Waals surface area contributed by atoms with Crippen molar-refractivity contribution in [2.75, 3.05) is 0 Å². The first-order valence-electron chi connectivity index (χ1n) is 8.60. The topological polar surface area (TPSA) is 54.4 Å². The van der Waals surface area contributed by atoms with Crippen LogP contribution in [0.5, 0.6) is 0 Å². The number of allylic oxidation sites excluding steroid dienone is 8. The van der Waals surface area contributed by atoms with E-state index in [9.17, 15) is 9.59 Å². The van der Waals surface area contributed by atoms with E-state index < -0.39 is 5.97 Å². The van der Waals surface area contributed by atoms with Gasteiger partial charge in [0, 0.05) is 6.42 Å². The van der Waals surface area contributed by atoms with E-state index in [0.29, 0.717) is 12.8 Å². The summed E-state index contributed by atoms with van der Waals surface area (Å²) in [4.78, 5) is 22.3. The van der Waals surface area contributed by atoms with E-state index in [1.165, 1.54) is 19.3 Å². The molecule has 23 heavy (non-hydrogen) atoms. The number of unbranched alkanes of at least 4 members (excludes halogenated alkanes) is 4. The summed E-state index contributed by atoms with van der Waals surface area (Å²) in [6, 6.07) is 0. The highest BCUT2D eigenvalue weighted by Gasteiger charge is 2.22. The van der Waals surface area contributed by atoms with Crippen molar-refractivity contribution in [2.24, 2.45) is 5.92 Å². The molecule has 126 valence electrons. The van der Waals surface area contributed by atoms with Gasteiger partial charge < -0.3 is 5.11 Å². The van der Waals surface area contributed by atoms with Crippen LogP contribution in [0.4, 0.5) is 0 Å². The number of hydrogen-bond acceptors (Lipinski definition) is 2. The number of ketones is 1. The van der Waals surface area contributed by atoms with E-state index in [4.69, 9.17) is 5.11 Å². The summed E-state index contributed by atoms with van der Waals surface area (Å²) in [6.45, 7) is 2.19. The molecular formula is C20H28O3. The zero-order valence-electron chi connectivity index (χ0n) is 14.0. The number of carboxylic acid groups (broad SMARTS) is 1. The molecule has 0 fully saturated rings. The van der Waals surface area contributed by atoms with Crippen molar-refractivity contribution in [3.05, 3.63) is 48.1 Å². The molecule has 1 N–H and O–H groups in total. The number of aliphatic carboxylic acids is 1. The summed E-state index contributed by atoms with van der Waals surface area (Å²) in [6.07, 6.45) is 20.9. The summed E-state index contributed by atoms with van der Waals surface area (Å²) >= 11 is 0. The molecule has 1 unspecified atom stereocenters. The normalized spacial score (nSPS) is 19.6. The zero-order valence-corrected chi connectivity index (χ0v) is 14.0. The molecule has 3 nitrogen and oxygen atoms in total. The SMILES string of the molecule is CCCCCC=CC=C1C=CC(=O)C1CC=CCCCC(=O)O. The first kappa shape index (κ1) is 19.1. The maximum atomic E-state index is 11.9.